The van der Waals surface area contributed by atoms with E-state index in [1.165, 1.54) is 5.56 Å². The first-order valence-corrected chi connectivity index (χ1v) is 7.90. The van der Waals surface area contributed by atoms with Gasteiger partial charge in [0.15, 0.2) is 0 Å². The molecule has 1 atom stereocenters. The van der Waals surface area contributed by atoms with E-state index in [1.807, 2.05) is 6.07 Å². The Kier molecular flexibility index (Phi) is 6.29. The van der Waals surface area contributed by atoms with Crippen LogP contribution >= 0.6 is 15.9 Å². The molecule has 1 saturated heterocycles. The Balaban J connectivity index is 1.86. The maximum atomic E-state index is 5.87. The summed E-state index contributed by atoms with van der Waals surface area (Å²) < 4.78 is 12.6. The first-order valence-electron chi connectivity index (χ1n) is 7.11. The molecule has 1 aliphatic rings. The first-order chi connectivity index (χ1) is 9.69. The zero-order chi connectivity index (χ0) is 14.4. The Morgan fingerprint density at radius 3 is 3.05 bits per heavy atom. The molecule has 0 aliphatic carbocycles. The molecule has 20 heavy (non-hydrogen) atoms. The molecule has 0 amide bonds. The quantitative estimate of drug-likeness (QED) is 0.859. The maximum Gasteiger partial charge on any atom is 0.133 e. The van der Waals surface area contributed by atoms with Crippen LogP contribution < -0.4 is 10.1 Å². The molecule has 1 aromatic carbocycles. The van der Waals surface area contributed by atoms with E-state index in [0.717, 1.165) is 43.0 Å². The van der Waals surface area contributed by atoms with Gasteiger partial charge in [-0.1, -0.05) is 13.0 Å². The van der Waals surface area contributed by atoms with Gasteiger partial charge >= 0.3 is 0 Å². The van der Waals surface area contributed by atoms with Crippen LogP contribution in [0.2, 0.25) is 0 Å². The molecule has 1 N–H and O–H groups in total. The van der Waals surface area contributed by atoms with Gasteiger partial charge in [-0.3, -0.25) is 0 Å². The molecule has 1 heterocycles. The minimum atomic E-state index is 0.155. The summed E-state index contributed by atoms with van der Waals surface area (Å²) in [6.45, 7) is 7.26. The van der Waals surface area contributed by atoms with Crippen LogP contribution in [0.25, 0.3) is 0 Å². The summed E-state index contributed by atoms with van der Waals surface area (Å²) in [4.78, 5) is 2.27. The second-order valence-corrected chi connectivity index (χ2v) is 5.97. The van der Waals surface area contributed by atoms with Crippen LogP contribution in [-0.4, -0.2) is 50.9 Å². The SMILES string of the molecule is CCNCc1ccc(OCC2CN(C)CCO2)c(Br)c1. The van der Waals surface area contributed by atoms with Crippen molar-refractivity contribution in [1.29, 1.82) is 0 Å². The lowest BCUT2D eigenvalue weighted by Gasteiger charge is -2.29. The molecule has 1 fully saturated rings. The van der Waals surface area contributed by atoms with Crippen LogP contribution in [0.5, 0.6) is 5.75 Å². The fraction of sp³-hybridized carbons (Fsp3) is 0.600. The largest absolute Gasteiger partial charge is 0.490 e. The third-order valence-corrected chi connectivity index (χ3v) is 3.96. The number of likely N-dealkylation sites (N-methyl/N-ethyl adjacent to an activating group) is 1. The van der Waals surface area contributed by atoms with Gasteiger partial charge in [0.1, 0.15) is 18.5 Å². The monoisotopic (exact) mass is 342 g/mol. The average Bonchev–Trinajstić information content (AvgIpc) is 2.44. The van der Waals surface area contributed by atoms with Crippen molar-refractivity contribution < 1.29 is 9.47 Å². The van der Waals surface area contributed by atoms with Gasteiger partial charge in [0.05, 0.1) is 11.1 Å². The number of morpholine rings is 1. The summed E-state index contributed by atoms with van der Waals surface area (Å²) in [6.07, 6.45) is 0.155. The van der Waals surface area contributed by atoms with Crippen LogP contribution in [0.3, 0.4) is 0 Å². The third-order valence-electron chi connectivity index (χ3n) is 3.34. The molecule has 0 spiro atoms. The fourth-order valence-corrected chi connectivity index (χ4v) is 2.73. The number of rotatable bonds is 6. The number of benzene rings is 1. The van der Waals surface area contributed by atoms with Crippen molar-refractivity contribution in [1.82, 2.24) is 10.2 Å². The number of nitrogens with one attached hydrogen (secondary N) is 1. The molecule has 2 rings (SSSR count). The van der Waals surface area contributed by atoms with Crippen molar-refractivity contribution in [3.63, 3.8) is 0 Å². The van der Waals surface area contributed by atoms with Crippen molar-refractivity contribution in [3.8, 4) is 5.75 Å². The Morgan fingerprint density at radius 1 is 1.50 bits per heavy atom. The van der Waals surface area contributed by atoms with Crippen LogP contribution in [0.4, 0.5) is 0 Å². The standard InChI is InChI=1S/C15H23BrN2O2/c1-3-17-9-12-4-5-15(14(16)8-12)20-11-13-10-18(2)6-7-19-13/h4-5,8,13,17H,3,6-7,9-11H2,1-2H3. The molecule has 4 nitrogen and oxygen atoms in total. The highest BCUT2D eigenvalue weighted by Crippen LogP contribution is 2.26. The predicted molar refractivity (Wildman–Crippen MR) is 84.3 cm³/mol. The molecule has 0 saturated carbocycles. The van der Waals surface area contributed by atoms with E-state index in [2.05, 4.69) is 52.3 Å². The molecule has 1 unspecified atom stereocenters. The van der Waals surface area contributed by atoms with E-state index in [4.69, 9.17) is 9.47 Å². The van der Waals surface area contributed by atoms with Gasteiger partial charge in [0.2, 0.25) is 0 Å². The smallest absolute Gasteiger partial charge is 0.133 e. The number of hydrogen-bond donors (Lipinski definition) is 1. The Bertz CT molecular complexity index is 428. The maximum absolute atomic E-state index is 5.87. The second kappa shape index (κ2) is 7.98. The zero-order valence-corrected chi connectivity index (χ0v) is 13.8. The number of nitrogens with zero attached hydrogens (tertiary/aromatic N) is 1. The summed E-state index contributed by atoms with van der Waals surface area (Å²) in [7, 11) is 2.11. The lowest BCUT2D eigenvalue weighted by atomic mass is 10.2. The minimum Gasteiger partial charge on any atom is -0.490 e. The normalized spacial score (nSPS) is 20.1. The number of halogens is 1. The van der Waals surface area contributed by atoms with E-state index in [9.17, 15) is 0 Å². The Hall–Kier alpha value is -0.620. The lowest BCUT2D eigenvalue weighted by Crippen LogP contribution is -2.42. The molecule has 0 bridgehead atoms. The van der Waals surface area contributed by atoms with Gasteiger partial charge in [-0.2, -0.15) is 0 Å². The highest BCUT2D eigenvalue weighted by Gasteiger charge is 2.18. The third kappa shape index (κ3) is 4.74. The molecule has 1 aliphatic heterocycles. The lowest BCUT2D eigenvalue weighted by molar-refractivity contribution is -0.0404. The Labute approximate surface area is 129 Å². The van der Waals surface area contributed by atoms with Crippen molar-refractivity contribution >= 4 is 15.9 Å². The van der Waals surface area contributed by atoms with Gasteiger partial charge in [-0.25, -0.2) is 0 Å². The summed E-state index contributed by atoms with van der Waals surface area (Å²) in [5.74, 6) is 0.877. The zero-order valence-electron chi connectivity index (χ0n) is 12.2. The second-order valence-electron chi connectivity index (χ2n) is 5.11. The van der Waals surface area contributed by atoms with E-state index >= 15 is 0 Å². The molecule has 0 aromatic heterocycles. The van der Waals surface area contributed by atoms with Crippen molar-refractivity contribution in [2.75, 3.05) is 39.9 Å². The Morgan fingerprint density at radius 2 is 2.35 bits per heavy atom. The molecular weight excluding hydrogens is 320 g/mol. The summed E-state index contributed by atoms with van der Waals surface area (Å²) in [5.41, 5.74) is 1.25. The van der Waals surface area contributed by atoms with E-state index in [0.29, 0.717) is 6.61 Å². The van der Waals surface area contributed by atoms with E-state index < -0.39 is 0 Å². The van der Waals surface area contributed by atoms with Gasteiger partial charge < -0.3 is 19.7 Å². The van der Waals surface area contributed by atoms with Gasteiger partial charge in [-0.05, 0) is 47.2 Å². The molecule has 112 valence electrons. The predicted octanol–water partition coefficient (Wildman–Crippen LogP) is 2.27. The molecule has 1 aromatic rings. The van der Waals surface area contributed by atoms with Crippen LogP contribution in [-0.2, 0) is 11.3 Å². The first kappa shape index (κ1) is 15.8. The van der Waals surface area contributed by atoms with Crippen molar-refractivity contribution in [2.24, 2.45) is 0 Å². The van der Waals surface area contributed by atoms with Crippen LogP contribution in [0, 0.1) is 0 Å². The van der Waals surface area contributed by atoms with Gasteiger partial charge in [0.25, 0.3) is 0 Å². The minimum absolute atomic E-state index is 0.155. The molecular formula is C15H23BrN2O2. The van der Waals surface area contributed by atoms with Gasteiger partial charge in [-0.15, -0.1) is 0 Å². The van der Waals surface area contributed by atoms with Crippen molar-refractivity contribution in [3.05, 3.63) is 28.2 Å². The van der Waals surface area contributed by atoms with Crippen LogP contribution in [0.1, 0.15) is 12.5 Å². The fourth-order valence-electron chi connectivity index (χ4n) is 2.19. The summed E-state index contributed by atoms with van der Waals surface area (Å²) >= 11 is 3.57. The van der Waals surface area contributed by atoms with E-state index in [-0.39, 0.29) is 6.10 Å². The van der Waals surface area contributed by atoms with Crippen LogP contribution in [0.15, 0.2) is 22.7 Å². The molecule has 5 heteroatoms. The number of hydrogen-bond acceptors (Lipinski definition) is 4. The summed E-state index contributed by atoms with van der Waals surface area (Å²) in [5, 5.41) is 3.31. The highest BCUT2D eigenvalue weighted by atomic mass is 79.9. The van der Waals surface area contributed by atoms with E-state index in [1.54, 1.807) is 0 Å². The molecule has 0 radical (unpaired) electrons. The average molecular weight is 343 g/mol. The number of ether oxygens (including phenoxy) is 2. The van der Waals surface area contributed by atoms with Gasteiger partial charge in [0, 0.05) is 19.6 Å². The topological polar surface area (TPSA) is 33.7 Å². The highest BCUT2D eigenvalue weighted by molar-refractivity contribution is 9.10. The van der Waals surface area contributed by atoms with Crippen molar-refractivity contribution in [2.45, 2.75) is 19.6 Å². The summed E-state index contributed by atoms with van der Waals surface area (Å²) in [6, 6.07) is 6.21.